The number of methoxy groups -OCH3 is 1. The third kappa shape index (κ3) is 7.70. The van der Waals surface area contributed by atoms with Gasteiger partial charge in [0.05, 0.1) is 19.1 Å². The van der Waals surface area contributed by atoms with Gasteiger partial charge in [0.15, 0.2) is 6.29 Å². The van der Waals surface area contributed by atoms with E-state index in [1.54, 1.807) is 6.82 Å². The van der Waals surface area contributed by atoms with Gasteiger partial charge in [0.25, 0.3) is 6.92 Å². The highest BCUT2D eigenvalue weighted by Gasteiger charge is 2.39. The lowest BCUT2D eigenvalue weighted by Crippen LogP contribution is -2.39. The molecule has 0 spiro atoms. The monoisotopic (exact) mass is 452 g/mol. The van der Waals surface area contributed by atoms with Gasteiger partial charge in [0.1, 0.15) is 0 Å². The molecule has 0 aliphatic carbocycles. The van der Waals surface area contributed by atoms with Crippen LogP contribution in [-0.2, 0) is 25.4 Å². The molecule has 5 nitrogen and oxygen atoms in total. The molecule has 0 bridgehead atoms. The van der Waals surface area contributed by atoms with Crippen molar-refractivity contribution in [2.75, 3.05) is 20.3 Å². The minimum atomic E-state index is -0.806. The molecule has 0 amide bonds. The van der Waals surface area contributed by atoms with Crippen molar-refractivity contribution in [1.82, 2.24) is 0 Å². The molecule has 1 aliphatic heterocycles. The standard InChI is InChI=1S/C27H37BO5/c1-27(26(29)31-3,20-33-25-11-7-8-16-32-25)18-22(19-28(2)30)17-21-12-14-24(15-13-21)23-9-5-4-6-10-23/h4-6,9-10,12-15,22,25,30H,7-8,11,16-20H2,1-3H3/t22-,25?,27+/m1/s1. The molecule has 2 aromatic carbocycles. The smallest absolute Gasteiger partial charge is 0.313 e. The van der Waals surface area contributed by atoms with Crippen LogP contribution in [0, 0.1) is 11.3 Å². The number of ether oxygens (including phenoxy) is 3. The van der Waals surface area contributed by atoms with Gasteiger partial charge in [0, 0.05) is 6.61 Å². The third-order valence-electron chi connectivity index (χ3n) is 6.40. The summed E-state index contributed by atoms with van der Waals surface area (Å²) in [4.78, 5) is 12.8. The highest BCUT2D eigenvalue weighted by Crippen LogP contribution is 2.34. The van der Waals surface area contributed by atoms with Gasteiger partial charge in [-0.15, -0.1) is 0 Å². The molecule has 1 N–H and O–H groups in total. The summed E-state index contributed by atoms with van der Waals surface area (Å²) in [7, 11) is 1.42. The average Bonchev–Trinajstić information content (AvgIpc) is 2.83. The Morgan fingerprint density at radius 3 is 2.45 bits per heavy atom. The molecule has 3 rings (SSSR count). The van der Waals surface area contributed by atoms with Crippen LogP contribution in [0.2, 0.25) is 13.1 Å². The molecule has 0 radical (unpaired) electrons. The lowest BCUT2D eigenvalue weighted by Gasteiger charge is -2.33. The molecule has 1 fully saturated rings. The van der Waals surface area contributed by atoms with Crippen molar-refractivity contribution in [1.29, 1.82) is 0 Å². The molecular weight excluding hydrogens is 415 g/mol. The van der Waals surface area contributed by atoms with Gasteiger partial charge in [0.2, 0.25) is 0 Å². The summed E-state index contributed by atoms with van der Waals surface area (Å²) in [5, 5.41) is 10.2. The van der Waals surface area contributed by atoms with E-state index >= 15 is 0 Å². The number of rotatable bonds is 11. The zero-order chi connectivity index (χ0) is 23.7. The van der Waals surface area contributed by atoms with Crippen LogP contribution >= 0.6 is 0 Å². The molecule has 3 atom stereocenters. The Labute approximate surface area is 198 Å². The van der Waals surface area contributed by atoms with Gasteiger partial charge < -0.3 is 19.2 Å². The Balaban J connectivity index is 1.70. The Kier molecular flexibility index (Phi) is 9.54. The van der Waals surface area contributed by atoms with E-state index in [9.17, 15) is 9.82 Å². The third-order valence-corrected chi connectivity index (χ3v) is 6.40. The summed E-state index contributed by atoms with van der Waals surface area (Å²) in [5.41, 5.74) is 2.74. The van der Waals surface area contributed by atoms with Crippen molar-refractivity contribution >= 4 is 12.9 Å². The molecule has 1 aliphatic rings. The van der Waals surface area contributed by atoms with Crippen molar-refractivity contribution in [3.63, 3.8) is 0 Å². The first-order chi connectivity index (χ1) is 15.9. The first-order valence-corrected chi connectivity index (χ1v) is 12.0. The molecule has 0 saturated carbocycles. The molecule has 6 heteroatoms. The van der Waals surface area contributed by atoms with E-state index in [1.807, 2.05) is 25.1 Å². The largest absolute Gasteiger partial charge is 0.469 e. The number of hydrogen-bond acceptors (Lipinski definition) is 5. The van der Waals surface area contributed by atoms with Gasteiger partial charge in [-0.05, 0) is 68.0 Å². The van der Waals surface area contributed by atoms with Crippen LogP contribution in [0.15, 0.2) is 54.6 Å². The normalized spacial score (nSPS) is 18.8. The molecule has 33 heavy (non-hydrogen) atoms. The Bertz CT molecular complexity index is 849. The quantitative estimate of drug-likeness (QED) is 0.373. The SMILES string of the molecule is COC(=O)[C@](C)(COC1CCCCO1)C[C@H](CB(C)O)Cc1ccc(-c2ccccc2)cc1. The Morgan fingerprint density at radius 1 is 1.15 bits per heavy atom. The van der Waals surface area contributed by atoms with Crippen LogP contribution in [0.4, 0.5) is 0 Å². The summed E-state index contributed by atoms with van der Waals surface area (Å²) < 4.78 is 16.8. The van der Waals surface area contributed by atoms with E-state index < -0.39 is 12.3 Å². The van der Waals surface area contributed by atoms with Gasteiger partial charge in [-0.1, -0.05) is 61.4 Å². The topological polar surface area (TPSA) is 65.0 Å². The van der Waals surface area contributed by atoms with Gasteiger partial charge in [-0.25, -0.2) is 0 Å². The number of carbonyl (C=O) groups is 1. The second kappa shape index (κ2) is 12.4. The predicted molar refractivity (Wildman–Crippen MR) is 132 cm³/mol. The molecule has 2 aromatic rings. The highest BCUT2D eigenvalue weighted by molar-refractivity contribution is 6.48. The fourth-order valence-electron chi connectivity index (χ4n) is 4.72. The van der Waals surface area contributed by atoms with E-state index in [1.165, 1.54) is 23.8 Å². The number of carbonyl (C=O) groups excluding carboxylic acids is 1. The first kappa shape index (κ1) is 25.5. The fraction of sp³-hybridized carbons (Fsp3) is 0.519. The van der Waals surface area contributed by atoms with Gasteiger partial charge in [-0.3, -0.25) is 4.79 Å². The van der Waals surface area contributed by atoms with Crippen molar-refractivity contribution < 1.29 is 24.0 Å². The average molecular weight is 452 g/mol. The molecule has 1 heterocycles. The lowest BCUT2D eigenvalue weighted by atomic mass is 9.60. The van der Waals surface area contributed by atoms with E-state index in [4.69, 9.17) is 14.2 Å². The van der Waals surface area contributed by atoms with Gasteiger partial charge in [-0.2, -0.15) is 0 Å². The number of benzene rings is 2. The molecular formula is C27H37BO5. The molecule has 1 saturated heterocycles. The predicted octanol–water partition coefficient (Wildman–Crippen LogP) is 5.24. The number of esters is 1. The van der Waals surface area contributed by atoms with Crippen molar-refractivity contribution in [3.8, 4) is 11.1 Å². The Hall–Kier alpha value is -2.15. The van der Waals surface area contributed by atoms with E-state index in [0.29, 0.717) is 19.3 Å². The van der Waals surface area contributed by atoms with Crippen LogP contribution in [0.1, 0.15) is 38.2 Å². The zero-order valence-corrected chi connectivity index (χ0v) is 20.2. The summed E-state index contributed by atoms with van der Waals surface area (Å²) in [5.74, 6) is -0.180. The number of hydrogen-bond donors (Lipinski definition) is 1. The highest BCUT2D eigenvalue weighted by atomic mass is 16.7. The van der Waals surface area contributed by atoms with Crippen molar-refractivity contribution in [3.05, 3.63) is 60.2 Å². The maximum atomic E-state index is 12.8. The van der Waals surface area contributed by atoms with Crippen LogP contribution in [0.3, 0.4) is 0 Å². The van der Waals surface area contributed by atoms with E-state index in [-0.39, 0.29) is 24.8 Å². The summed E-state index contributed by atoms with van der Waals surface area (Å²) in [6, 6.07) is 18.8. The summed E-state index contributed by atoms with van der Waals surface area (Å²) >= 11 is 0. The van der Waals surface area contributed by atoms with Crippen LogP contribution in [0.5, 0.6) is 0 Å². The maximum Gasteiger partial charge on any atom is 0.313 e. The maximum absolute atomic E-state index is 12.8. The minimum Gasteiger partial charge on any atom is -0.469 e. The molecule has 178 valence electrons. The van der Waals surface area contributed by atoms with Crippen LogP contribution in [-0.4, -0.2) is 44.5 Å². The van der Waals surface area contributed by atoms with E-state index in [2.05, 4.69) is 36.4 Å². The Morgan fingerprint density at radius 2 is 1.85 bits per heavy atom. The first-order valence-electron chi connectivity index (χ1n) is 12.0. The second-order valence-electron chi connectivity index (χ2n) is 9.58. The van der Waals surface area contributed by atoms with Crippen molar-refractivity contribution in [2.45, 2.75) is 58.5 Å². The summed E-state index contributed by atoms with van der Waals surface area (Å²) in [6.07, 6.45) is 4.65. The van der Waals surface area contributed by atoms with Crippen LogP contribution < -0.4 is 0 Å². The van der Waals surface area contributed by atoms with Crippen LogP contribution in [0.25, 0.3) is 11.1 Å². The fourth-order valence-corrected chi connectivity index (χ4v) is 4.72. The lowest BCUT2D eigenvalue weighted by molar-refractivity contribution is -0.189. The zero-order valence-electron chi connectivity index (χ0n) is 20.2. The minimum absolute atomic E-state index is 0.104. The van der Waals surface area contributed by atoms with Crippen molar-refractivity contribution in [2.24, 2.45) is 11.3 Å². The summed E-state index contributed by atoms with van der Waals surface area (Å²) in [6.45, 7) is 4.18. The molecule has 1 unspecified atom stereocenters. The molecule has 0 aromatic heterocycles. The van der Waals surface area contributed by atoms with E-state index in [0.717, 1.165) is 25.7 Å². The van der Waals surface area contributed by atoms with Gasteiger partial charge >= 0.3 is 5.97 Å². The second-order valence-corrected chi connectivity index (χ2v) is 9.58.